The maximum absolute atomic E-state index is 9.24. The van der Waals surface area contributed by atoms with Gasteiger partial charge in [-0.1, -0.05) is 13.8 Å². The average Bonchev–Trinajstić information content (AvgIpc) is 2.87. The van der Waals surface area contributed by atoms with Crippen molar-refractivity contribution in [1.82, 2.24) is 9.88 Å². The van der Waals surface area contributed by atoms with Gasteiger partial charge >= 0.3 is 0 Å². The van der Waals surface area contributed by atoms with Gasteiger partial charge in [0.15, 0.2) is 0 Å². The van der Waals surface area contributed by atoms with Crippen LogP contribution in [-0.4, -0.2) is 34.2 Å². The highest BCUT2D eigenvalue weighted by Gasteiger charge is 2.23. The van der Waals surface area contributed by atoms with Gasteiger partial charge in [-0.05, 0) is 19.8 Å². The number of alkyl halides is 1. The van der Waals surface area contributed by atoms with E-state index in [1.54, 1.807) is 11.3 Å². The highest BCUT2D eigenvalue weighted by atomic mass is 35.5. The van der Waals surface area contributed by atoms with E-state index in [1.807, 2.05) is 5.38 Å². The van der Waals surface area contributed by atoms with Crippen LogP contribution in [0.3, 0.4) is 0 Å². The molecule has 1 atom stereocenters. The zero-order chi connectivity index (χ0) is 13.5. The molecule has 1 unspecified atom stereocenters. The van der Waals surface area contributed by atoms with E-state index in [4.69, 9.17) is 11.6 Å². The van der Waals surface area contributed by atoms with Gasteiger partial charge in [-0.2, -0.15) is 0 Å². The first-order valence-electron chi connectivity index (χ1n) is 6.54. The van der Waals surface area contributed by atoms with Gasteiger partial charge in [0.25, 0.3) is 0 Å². The van der Waals surface area contributed by atoms with Gasteiger partial charge in [0.05, 0.1) is 24.2 Å². The summed E-state index contributed by atoms with van der Waals surface area (Å²) in [6.07, 6.45) is 2.18. The van der Waals surface area contributed by atoms with Crippen LogP contribution in [0.15, 0.2) is 5.38 Å². The lowest BCUT2D eigenvalue weighted by molar-refractivity contribution is 0.104. The molecule has 0 fully saturated rings. The molecule has 104 valence electrons. The highest BCUT2D eigenvalue weighted by Crippen LogP contribution is 2.27. The third kappa shape index (κ3) is 3.92. The second kappa shape index (κ2) is 8.10. The van der Waals surface area contributed by atoms with E-state index >= 15 is 0 Å². The molecule has 1 heterocycles. The van der Waals surface area contributed by atoms with Crippen molar-refractivity contribution in [3.8, 4) is 0 Å². The van der Waals surface area contributed by atoms with E-state index in [9.17, 15) is 5.11 Å². The van der Waals surface area contributed by atoms with Crippen molar-refractivity contribution in [2.24, 2.45) is 0 Å². The summed E-state index contributed by atoms with van der Waals surface area (Å²) in [7, 11) is 0. The van der Waals surface area contributed by atoms with E-state index in [1.165, 1.54) is 0 Å². The minimum Gasteiger partial charge on any atom is -0.395 e. The van der Waals surface area contributed by atoms with E-state index in [0.717, 1.165) is 23.5 Å². The molecule has 0 amide bonds. The molecule has 1 aromatic rings. The molecule has 0 saturated carbocycles. The molecule has 0 aliphatic heterocycles. The summed E-state index contributed by atoms with van der Waals surface area (Å²) in [4.78, 5) is 6.89. The van der Waals surface area contributed by atoms with Gasteiger partial charge in [-0.3, -0.25) is 4.90 Å². The molecule has 0 aromatic carbocycles. The summed E-state index contributed by atoms with van der Waals surface area (Å²) in [5.74, 6) is 0.466. The molecule has 0 aliphatic carbocycles. The summed E-state index contributed by atoms with van der Waals surface area (Å²) < 4.78 is 0. The summed E-state index contributed by atoms with van der Waals surface area (Å²) in [5, 5.41) is 12.3. The van der Waals surface area contributed by atoms with Crippen LogP contribution < -0.4 is 0 Å². The number of hydrogen-bond donors (Lipinski definition) is 1. The monoisotopic (exact) mass is 290 g/mol. The lowest BCUT2D eigenvalue weighted by Crippen LogP contribution is -2.38. The summed E-state index contributed by atoms with van der Waals surface area (Å²) in [5.41, 5.74) is 0.942. The number of rotatable bonds is 8. The Morgan fingerprint density at radius 3 is 2.56 bits per heavy atom. The number of halogens is 1. The molecule has 0 aliphatic rings. The molecule has 1 aromatic heterocycles. The molecule has 0 bridgehead atoms. The molecule has 3 nitrogen and oxygen atoms in total. The lowest BCUT2D eigenvalue weighted by Gasteiger charge is -2.34. The Balaban J connectivity index is 2.83. The summed E-state index contributed by atoms with van der Waals surface area (Å²) in [6.45, 7) is 7.43. The van der Waals surface area contributed by atoms with Crippen LogP contribution in [0.5, 0.6) is 0 Å². The van der Waals surface area contributed by atoms with Crippen LogP contribution >= 0.6 is 22.9 Å². The number of aliphatic hydroxyl groups excluding tert-OH is 1. The van der Waals surface area contributed by atoms with Gasteiger partial charge in [0.2, 0.25) is 0 Å². The number of thiazole rings is 1. The minimum absolute atomic E-state index is 0.189. The third-order valence-corrected chi connectivity index (χ3v) is 4.67. The normalized spacial score (nSPS) is 13.5. The first kappa shape index (κ1) is 15.9. The largest absolute Gasteiger partial charge is 0.395 e. The molecule has 0 spiro atoms. The average molecular weight is 291 g/mol. The fourth-order valence-electron chi connectivity index (χ4n) is 2.28. The van der Waals surface area contributed by atoms with E-state index < -0.39 is 0 Å². The van der Waals surface area contributed by atoms with Crippen LogP contribution in [0.4, 0.5) is 0 Å². The number of hydrogen-bond acceptors (Lipinski definition) is 4. The van der Waals surface area contributed by atoms with Crippen LogP contribution in [0.25, 0.3) is 0 Å². The van der Waals surface area contributed by atoms with E-state index in [0.29, 0.717) is 18.5 Å². The zero-order valence-corrected chi connectivity index (χ0v) is 13.0. The quantitative estimate of drug-likeness (QED) is 0.745. The zero-order valence-electron chi connectivity index (χ0n) is 11.4. The first-order chi connectivity index (χ1) is 8.67. The van der Waals surface area contributed by atoms with Crippen LogP contribution in [0.2, 0.25) is 0 Å². The van der Waals surface area contributed by atoms with Gasteiger partial charge in [-0.25, -0.2) is 4.98 Å². The Hall–Kier alpha value is -0.160. The van der Waals surface area contributed by atoms with Crippen molar-refractivity contribution in [3.63, 3.8) is 0 Å². The lowest BCUT2D eigenvalue weighted by atomic mass is 10.1. The number of aliphatic hydroxyl groups is 1. The number of nitrogens with zero attached hydrogens (tertiary/aromatic N) is 2. The van der Waals surface area contributed by atoms with Gasteiger partial charge in [-0.15, -0.1) is 22.9 Å². The van der Waals surface area contributed by atoms with Crippen LogP contribution in [-0.2, 0) is 5.88 Å². The predicted molar refractivity (Wildman–Crippen MR) is 78.2 cm³/mol. The summed E-state index contributed by atoms with van der Waals surface area (Å²) >= 11 is 7.45. The first-order valence-corrected chi connectivity index (χ1v) is 7.96. The topological polar surface area (TPSA) is 36.4 Å². The molecule has 1 N–H and O–H groups in total. The Bertz CT molecular complexity index is 341. The third-order valence-electron chi connectivity index (χ3n) is 3.33. The minimum atomic E-state index is 0.189. The van der Waals surface area contributed by atoms with Crippen LogP contribution in [0, 0.1) is 0 Å². The fourth-order valence-corrected chi connectivity index (χ4v) is 3.41. The SMILES string of the molecule is CCC(CC)N(CCO)C(C)c1nc(CCl)cs1. The summed E-state index contributed by atoms with van der Waals surface area (Å²) in [6, 6.07) is 0.736. The molecule has 0 radical (unpaired) electrons. The maximum atomic E-state index is 9.24. The Morgan fingerprint density at radius 2 is 2.11 bits per heavy atom. The van der Waals surface area contributed by atoms with Gasteiger partial charge < -0.3 is 5.11 Å². The van der Waals surface area contributed by atoms with E-state index in [-0.39, 0.29) is 12.6 Å². The molecular weight excluding hydrogens is 268 g/mol. The highest BCUT2D eigenvalue weighted by molar-refractivity contribution is 7.09. The fraction of sp³-hybridized carbons (Fsp3) is 0.769. The second-order valence-corrected chi connectivity index (χ2v) is 5.58. The van der Waals surface area contributed by atoms with Gasteiger partial charge in [0, 0.05) is 18.0 Å². The number of aromatic nitrogens is 1. The van der Waals surface area contributed by atoms with Crippen LogP contribution in [0.1, 0.15) is 50.4 Å². The Morgan fingerprint density at radius 1 is 1.44 bits per heavy atom. The Labute approximate surface area is 119 Å². The van der Waals surface area contributed by atoms with Crippen molar-refractivity contribution in [3.05, 3.63) is 16.1 Å². The van der Waals surface area contributed by atoms with Crippen molar-refractivity contribution >= 4 is 22.9 Å². The van der Waals surface area contributed by atoms with Gasteiger partial charge in [0.1, 0.15) is 5.01 Å². The standard InChI is InChI=1S/C13H23ClN2OS/c1-4-12(5-2)16(6-7-17)10(3)13-15-11(8-14)9-18-13/h9-10,12,17H,4-8H2,1-3H3. The molecule has 5 heteroatoms. The van der Waals surface area contributed by atoms with E-state index in [2.05, 4.69) is 30.7 Å². The molecule has 18 heavy (non-hydrogen) atoms. The smallest absolute Gasteiger partial charge is 0.110 e. The van der Waals surface area contributed by atoms with Crippen molar-refractivity contribution in [2.75, 3.05) is 13.2 Å². The maximum Gasteiger partial charge on any atom is 0.110 e. The molecule has 0 saturated heterocycles. The molecule has 1 rings (SSSR count). The van der Waals surface area contributed by atoms with Crippen molar-refractivity contribution < 1.29 is 5.11 Å². The second-order valence-electron chi connectivity index (χ2n) is 4.42. The van der Waals surface area contributed by atoms with Crippen molar-refractivity contribution in [1.29, 1.82) is 0 Å². The molecular formula is C13H23ClN2OS. The van der Waals surface area contributed by atoms with Crippen molar-refractivity contribution in [2.45, 2.75) is 51.6 Å². The Kier molecular flexibility index (Phi) is 7.15. The predicted octanol–water partition coefficient (Wildman–Crippen LogP) is 3.43.